The third-order valence-corrected chi connectivity index (χ3v) is 3.34. The summed E-state index contributed by atoms with van der Waals surface area (Å²) in [6.45, 7) is 3.16. The fourth-order valence-corrected chi connectivity index (χ4v) is 2.15. The van der Waals surface area contributed by atoms with E-state index in [1.807, 2.05) is 25.1 Å². The molecule has 0 fully saturated rings. The van der Waals surface area contributed by atoms with Crippen molar-refractivity contribution in [1.29, 1.82) is 0 Å². The lowest BCUT2D eigenvalue weighted by Gasteiger charge is -2.10. The first-order valence-electron chi connectivity index (χ1n) is 7.48. The Hall–Kier alpha value is -2.74. The van der Waals surface area contributed by atoms with Crippen molar-refractivity contribution in [3.05, 3.63) is 35.9 Å². The summed E-state index contributed by atoms with van der Waals surface area (Å²) >= 11 is 0. The van der Waals surface area contributed by atoms with Crippen molar-refractivity contribution in [3.63, 3.8) is 0 Å². The van der Waals surface area contributed by atoms with Crippen molar-refractivity contribution in [2.45, 2.75) is 19.5 Å². The van der Waals surface area contributed by atoms with Crippen LogP contribution in [-0.4, -0.2) is 37.5 Å². The molecule has 1 unspecified atom stereocenters. The summed E-state index contributed by atoms with van der Waals surface area (Å²) in [4.78, 5) is 8.94. The van der Waals surface area contributed by atoms with Gasteiger partial charge < -0.3 is 16.4 Å². The van der Waals surface area contributed by atoms with Crippen LogP contribution in [0.1, 0.15) is 12.5 Å². The molecule has 4 N–H and O–H groups in total. The molecule has 0 spiro atoms. The van der Waals surface area contributed by atoms with Gasteiger partial charge in [0.2, 0.25) is 5.95 Å². The molecule has 0 aliphatic heterocycles. The van der Waals surface area contributed by atoms with E-state index in [0.717, 1.165) is 5.56 Å². The first-order chi connectivity index (χ1) is 11.1. The molecule has 0 radical (unpaired) electrons. The normalized spacial score (nSPS) is 12.3. The third-order valence-electron chi connectivity index (χ3n) is 3.34. The maximum absolute atomic E-state index is 5.77. The smallest absolute Gasteiger partial charge is 0.226 e. The zero-order valence-corrected chi connectivity index (χ0v) is 13.2. The molecule has 3 aromatic rings. The molecule has 0 saturated heterocycles. The van der Waals surface area contributed by atoms with Gasteiger partial charge in [-0.1, -0.05) is 35.5 Å². The van der Waals surface area contributed by atoms with Crippen LogP contribution in [0.3, 0.4) is 0 Å². The van der Waals surface area contributed by atoms with Gasteiger partial charge in [0.05, 0.1) is 0 Å². The monoisotopic (exact) mass is 312 g/mol. The lowest BCUT2D eigenvalue weighted by molar-refractivity contribution is 0.729. The van der Waals surface area contributed by atoms with Gasteiger partial charge in [-0.15, -0.1) is 5.10 Å². The zero-order chi connectivity index (χ0) is 16.2. The highest BCUT2D eigenvalue weighted by Crippen LogP contribution is 2.19. The number of nitrogens with one attached hydrogen (secondary N) is 2. The number of aromatic nitrogens is 5. The van der Waals surface area contributed by atoms with Crippen LogP contribution in [0.25, 0.3) is 11.2 Å². The summed E-state index contributed by atoms with van der Waals surface area (Å²) in [5.41, 5.74) is 8.25. The molecule has 1 atom stereocenters. The van der Waals surface area contributed by atoms with Crippen LogP contribution in [0.4, 0.5) is 11.8 Å². The van der Waals surface area contributed by atoms with Gasteiger partial charge in [0.1, 0.15) is 0 Å². The van der Waals surface area contributed by atoms with E-state index in [4.69, 9.17) is 5.73 Å². The van der Waals surface area contributed by atoms with Gasteiger partial charge in [0.25, 0.3) is 0 Å². The Morgan fingerprint density at radius 3 is 2.70 bits per heavy atom. The molecule has 0 aliphatic carbocycles. The van der Waals surface area contributed by atoms with E-state index < -0.39 is 0 Å². The van der Waals surface area contributed by atoms with Gasteiger partial charge >= 0.3 is 0 Å². The van der Waals surface area contributed by atoms with Gasteiger partial charge in [0.15, 0.2) is 17.0 Å². The number of rotatable bonds is 6. The molecule has 8 nitrogen and oxygen atoms in total. The number of benzene rings is 1. The average molecular weight is 312 g/mol. The Bertz CT molecular complexity index is 781. The van der Waals surface area contributed by atoms with Gasteiger partial charge in [-0.3, -0.25) is 0 Å². The van der Waals surface area contributed by atoms with Crippen molar-refractivity contribution in [2.75, 3.05) is 17.2 Å². The molecule has 8 heteroatoms. The first kappa shape index (κ1) is 15.2. The van der Waals surface area contributed by atoms with Crippen LogP contribution in [0, 0.1) is 0 Å². The fourth-order valence-electron chi connectivity index (χ4n) is 2.15. The predicted octanol–water partition coefficient (Wildman–Crippen LogP) is 1.13. The number of hydrogen-bond acceptors (Lipinski definition) is 7. The van der Waals surface area contributed by atoms with Crippen LogP contribution in [0.15, 0.2) is 30.3 Å². The molecule has 1 aromatic carbocycles. The lowest BCUT2D eigenvalue weighted by Crippen LogP contribution is -2.26. The first-order valence-corrected chi connectivity index (χ1v) is 7.48. The van der Waals surface area contributed by atoms with E-state index in [1.54, 1.807) is 11.7 Å². The molecule has 3 rings (SSSR count). The average Bonchev–Trinajstić information content (AvgIpc) is 2.93. The maximum atomic E-state index is 5.77. The Kier molecular flexibility index (Phi) is 4.33. The molecule has 23 heavy (non-hydrogen) atoms. The quantitative estimate of drug-likeness (QED) is 0.626. The highest BCUT2D eigenvalue weighted by molar-refractivity contribution is 5.83. The molecule has 0 bridgehead atoms. The van der Waals surface area contributed by atoms with Gasteiger partial charge in [-0.05, 0) is 12.5 Å². The lowest BCUT2D eigenvalue weighted by atomic mass is 10.2. The molecule has 2 aromatic heterocycles. The standard InChI is InChI=1S/C15H20N8/c1-10(16)8-18-15-19-13(12-14(20-15)23(2)22-21-12)17-9-11-6-4-3-5-7-11/h3-7,10H,8-9,16H2,1-2H3,(H2,17,18,19,20). The van der Waals surface area contributed by atoms with E-state index in [2.05, 4.69) is 43.0 Å². The molecule has 0 saturated carbocycles. The second kappa shape index (κ2) is 6.57. The number of nitrogens with zero attached hydrogens (tertiary/aromatic N) is 5. The van der Waals surface area contributed by atoms with Crippen molar-refractivity contribution < 1.29 is 0 Å². The van der Waals surface area contributed by atoms with Crippen LogP contribution in [0.5, 0.6) is 0 Å². The predicted molar refractivity (Wildman–Crippen MR) is 90.0 cm³/mol. The molecular formula is C15H20N8. The van der Waals surface area contributed by atoms with Crippen LogP contribution < -0.4 is 16.4 Å². The summed E-state index contributed by atoms with van der Waals surface area (Å²) in [5, 5.41) is 14.6. The highest BCUT2D eigenvalue weighted by atomic mass is 15.4. The summed E-state index contributed by atoms with van der Waals surface area (Å²) in [5.74, 6) is 1.16. The number of aryl methyl sites for hydroxylation is 1. The number of anilines is 2. The highest BCUT2D eigenvalue weighted by Gasteiger charge is 2.13. The molecular weight excluding hydrogens is 292 g/mol. The minimum Gasteiger partial charge on any atom is -0.364 e. The van der Waals surface area contributed by atoms with E-state index in [1.165, 1.54) is 0 Å². The largest absolute Gasteiger partial charge is 0.364 e. The topological polar surface area (TPSA) is 107 Å². The van der Waals surface area contributed by atoms with Crippen molar-refractivity contribution in [2.24, 2.45) is 12.8 Å². The summed E-state index contributed by atoms with van der Waals surface area (Å²) in [6, 6.07) is 10.1. The Morgan fingerprint density at radius 1 is 1.17 bits per heavy atom. The molecule has 2 heterocycles. The van der Waals surface area contributed by atoms with Crippen LogP contribution in [0.2, 0.25) is 0 Å². The summed E-state index contributed by atoms with van der Waals surface area (Å²) in [7, 11) is 1.80. The van der Waals surface area contributed by atoms with E-state index in [-0.39, 0.29) is 6.04 Å². The van der Waals surface area contributed by atoms with E-state index in [0.29, 0.717) is 36.0 Å². The molecule has 0 amide bonds. The van der Waals surface area contributed by atoms with Crippen LogP contribution >= 0.6 is 0 Å². The van der Waals surface area contributed by atoms with E-state index in [9.17, 15) is 0 Å². The minimum atomic E-state index is 0.0136. The van der Waals surface area contributed by atoms with Gasteiger partial charge in [-0.2, -0.15) is 9.97 Å². The van der Waals surface area contributed by atoms with Crippen molar-refractivity contribution >= 4 is 22.9 Å². The molecule has 120 valence electrons. The SMILES string of the molecule is CC(N)CNc1nc(NCc2ccccc2)c2nnn(C)c2n1. The fraction of sp³-hybridized carbons (Fsp3) is 0.333. The number of nitrogens with two attached hydrogens (primary N) is 1. The molecule has 0 aliphatic rings. The third kappa shape index (κ3) is 3.54. The summed E-state index contributed by atoms with van der Waals surface area (Å²) < 4.78 is 1.63. The summed E-state index contributed by atoms with van der Waals surface area (Å²) in [6.07, 6.45) is 0. The second-order valence-corrected chi connectivity index (χ2v) is 5.48. The number of fused-ring (bicyclic) bond motifs is 1. The Balaban J connectivity index is 1.87. The number of hydrogen-bond donors (Lipinski definition) is 3. The van der Waals surface area contributed by atoms with Gasteiger partial charge in [0, 0.05) is 26.2 Å². The van der Waals surface area contributed by atoms with Crippen molar-refractivity contribution in [3.8, 4) is 0 Å². The maximum Gasteiger partial charge on any atom is 0.226 e. The zero-order valence-electron chi connectivity index (χ0n) is 13.2. The Morgan fingerprint density at radius 2 is 1.96 bits per heavy atom. The van der Waals surface area contributed by atoms with Gasteiger partial charge in [-0.25, -0.2) is 4.68 Å². The van der Waals surface area contributed by atoms with E-state index >= 15 is 0 Å². The van der Waals surface area contributed by atoms with Crippen LogP contribution in [-0.2, 0) is 13.6 Å². The Labute approximate surface area is 134 Å². The minimum absolute atomic E-state index is 0.0136. The second-order valence-electron chi connectivity index (χ2n) is 5.48. The van der Waals surface area contributed by atoms with Crippen molar-refractivity contribution in [1.82, 2.24) is 25.0 Å².